The van der Waals surface area contributed by atoms with Crippen LogP contribution < -0.4 is 0 Å². The molecule has 238 valence electrons. The van der Waals surface area contributed by atoms with Crippen molar-refractivity contribution < 1.29 is 4.42 Å². The fourth-order valence-corrected chi connectivity index (χ4v) is 8.03. The minimum absolute atomic E-state index is 0.885. The number of fused-ring (bicyclic) bond motifs is 9. The van der Waals surface area contributed by atoms with E-state index in [0.29, 0.717) is 0 Å². The Kier molecular flexibility index (Phi) is 8.66. The molecule has 0 aliphatic carbocycles. The topological polar surface area (TPSA) is 13.1 Å². The number of rotatable bonds is 7. The molecule has 0 radical (unpaired) electrons. The van der Waals surface area contributed by atoms with E-state index in [4.69, 9.17) is 4.42 Å². The van der Waals surface area contributed by atoms with Crippen molar-refractivity contribution in [2.24, 2.45) is 0 Å². The van der Waals surface area contributed by atoms with Gasteiger partial charge in [0.1, 0.15) is 11.2 Å². The maximum atomic E-state index is 6.50. The zero-order valence-corrected chi connectivity index (χ0v) is 29.0. The number of furan rings is 1. The lowest BCUT2D eigenvalue weighted by Crippen LogP contribution is -1.87. The first-order chi connectivity index (χ1) is 24.1. The summed E-state index contributed by atoms with van der Waals surface area (Å²) in [5.41, 5.74) is 8.56. The summed E-state index contributed by atoms with van der Waals surface area (Å²) in [6, 6.07) is 39.0. The summed E-state index contributed by atoms with van der Waals surface area (Å²) in [6.07, 6.45) is 9.15. The number of hydrogen-bond acceptors (Lipinski definition) is 2. The zero-order chi connectivity index (χ0) is 33.2. The average Bonchev–Trinajstić information content (AvgIpc) is 3.70. The quantitative estimate of drug-likeness (QED) is 0.124. The smallest absolute Gasteiger partial charge is 0.143 e. The van der Waals surface area contributed by atoms with Crippen LogP contribution in [0.2, 0.25) is 0 Å². The molecule has 6 aromatic carbocycles. The molecule has 0 atom stereocenters. The highest BCUT2D eigenvalue weighted by Gasteiger charge is 2.15. The van der Waals surface area contributed by atoms with E-state index in [2.05, 4.69) is 135 Å². The molecule has 0 unspecified atom stereocenters. The second-order valence-electron chi connectivity index (χ2n) is 13.2. The Balaban J connectivity index is 1.06. The van der Waals surface area contributed by atoms with E-state index in [0.717, 1.165) is 56.0 Å². The van der Waals surface area contributed by atoms with Crippen LogP contribution in [0.5, 0.6) is 0 Å². The molecule has 49 heavy (non-hydrogen) atoms. The van der Waals surface area contributed by atoms with Gasteiger partial charge in [-0.05, 0) is 98.1 Å². The monoisotopic (exact) mass is 650 g/mol. The molecule has 2 heterocycles. The van der Waals surface area contributed by atoms with E-state index in [-0.39, 0.29) is 0 Å². The van der Waals surface area contributed by atoms with Gasteiger partial charge in [-0.2, -0.15) is 0 Å². The van der Waals surface area contributed by atoms with E-state index < -0.39 is 0 Å². The number of unbranched alkanes of at least 4 members (excludes halogenated alkanes) is 5. The Hall–Kier alpha value is -5.28. The van der Waals surface area contributed by atoms with Gasteiger partial charge >= 0.3 is 0 Å². The number of hydrogen-bond donors (Lipinski definition) is 0. The minimum atomic E-state index is 0.885. The van der Waals surface area contributed by atoms with Gasteiger partial charge < -0.3 is 4.42 Å². The predicted octanol–water partition coefficient (Wildman–Crippen LogP) is 13.1. The lowest BCUT2D eigenvalue weighted by atomic mass is 10.0. The molecule has 0 amide bonds. The molecule has 0 aliphatic heterocycles. The van der Waals surface area contributed by atoms with Crippen molar-refractivity contribution in [1.29, 1.82) is 0 Å². The molecule has 2 aromatic heterocycles. The third-order valence-corrected chi connectivity index (χ3v) is 10.8. The molecule has 0 saturated heterocycles. The molecule has 8 rings (SSSR count). The van der Waals surface area contributed by atoms with E-state index >= 15 is 0 Å². The van der Waals surface area contributed by atoms with Crippen LogP contribution in [0.25, 0.3) is 52.9 Å². The van der Waals surface area contributed by atoms with Crippen LogP contribution in [-0.2, 0) is 6.42 Å². The molecular formula is C47H38OS. The second-order valence-corrected chi connectivity index (χ2v) is 14.2. The second kappa shape index (κ2) is 13.7. The molecule has 0 aliphatic rings. The normalized spacial score (nSPS) is 11.3. The van der Waals surface area contributed by atoms with Gasteiger partial charge in [-0.25, -0.2) is 0 Å². The zero-order valence-electron chi connectivity index (χ0n) is 28.2. The van der Waals surface area contributed by atoms with Gasteiger partial charge in [0.2, 0.25) is 0 Å². The van der Waals surface area contributed by atoms with Crippen LogP contribution >= 0.6 is 11.3 Å². The van der Waals surface area contributed by atoms with Gasteiger partial charge in [-0.15, -0.1) is 11.3 Å². The third kappa shape index (κ3) is 6.46. The highest BCUT2D eigenvalue weighted by molar-refractivity contribution is 7.26. The number of benzene rings is 6. The molecule has 0 N–H and O–H groups in total. The fraction of sp³-hybridized carbons (Fsp3) is 0.191. The van der Waals surface area contributed by atoms with Crippen molar-refractivity contribution in [3.63, 3.8) is 0 Å². The van der Waals surface area contributed by atoms with Gasteiger partial charge in [0.05, 0.1) is 0 Å². The Morgan fingerprint density at radius 3 is 1.80 bits per heavy atom. The van der Waals surface area contributed by atoms with Crippen molar-refractivity contribution in [3.05, 3.63) is 143 Å². The summed E-state index contributed by atoms with van der Waals surface area (Å²) in [5.74, 6) is 13.5. The van der Waals surface area contributed by atoms with Crippen LogP contribution in [0.15, 0.2) is 114 Å². The highest BCUT2D eigenvalue weighted by atomic mass is 32.1. The summed E-state index contributed by atoms with van der Waals surface area (Å²) < 4.78 is 9.05. The van der Waals surface area contributed by atoms with Crippen molar-refractivity contribution in [2.75, 3.05) is 0 Å². The lowest BCUT2D eigenvalue weighted by Gasteiger charge is -2.02. The van der Waals surface area contributed by atoms with E-state index in [9.17, 15) is 0 Å². The Morgan fingerprint density at radius 1 is 0.510 bits per heavy atom. The number of thiophene rings is 1. The summed E-state index contributed by atoms with van der Waals surface area (Å²) in [7, 11) is 0. The molecule has 0 saturated carbocycles. The van der Waals surface area contributed by atoms with Gasteiger partial charge in [-0.3, -0.25) is 0 Å². The third-order valence-electron chi connectivity index (χ3n) is 9.59. The van der Waals surface area contributed by atoms with Crippen molar-refractivity contribution in [3.8, 4) is 23.7 Å². The molecular weight excluding hydrogens is 613 g/mol. The largest absolute Gasteiger partial charge is 0.455 e. The molecule has 8 aromatic rings. The Labute approximate surface area is 292 Å². The van der Waals surface area contributed by atoms with Crippen LogP contribution in [-0.4, -0.2) is 0 Å². The standard InChI is InChI=1S/C47H38OS/c1-3-4-5-6-7-8-9-33-14-16-35(17-15-33)19-21-37-23-29-45-43(31-37)41-27-24-38-40(47(41)49-45)26-25-39-42-30-36(22-28-44(42)48-46(38)39)20-18-34-12-10-32(2)11-13-34/h10-17,22-31H,3-9H2,1-2H3. The highest BCUT2D eigenvalue weighted by Crippen LogP contribution is 2.42. The Morgan fingerprint density at radius 2 is 1.06 bits per heavy atom. The summed E-state index contributed by atoms with van der Waals surface area (Å²) in [4.78, 5) is 0. The molecule has 0 fully saturated rings. The summed E-state index contributed by atoms with van der Waals surface area (Å²) >= 11 is 1.84. The van der Waals surface area contributed by atoms with Crippen LogP contribution in [0.1, 0.15) is 78.8 Å². The SMILES string of the molecule is CCCCCCCCc1ccc(C#Cc2ccc3sc4c(ccc5c4ccc4c6cc(C#Cc7ccc(C)cc7)ccc6oc45)c3c2)cc1. The number of aryl methyl sites for hydroxylation is 2. The van der Waals surface area contributed by atoms with Gasteiger partial charge in [0.15, 0.2) is 0 Å². The first kappa shape index (κ1) is 31.0. The van der Waals surface area contributed by atoms with E-state index in [1.807, 2.05) is 23.5 Å². The first-order valence-corrected chi connectivity index (χ1v) is 18.4. The van der Waals surface area contributed by atoms with E-state index in [1.165, 1.54) is 75.2 Å². The van der Waals surface area contributed by atoms with Gasteiger partial charge in [-0.1, -0.05) is 105 Å². The van der Waals surface area contributed by atoms with E-state index in [1.54, 1.807) is 0 Å². The maximum Gasteiger partial charge on any atom is 0.143 e. The van der Waals surface area contributed by atoms with Gasteiger partial charge in [0, 0.05) is 64.0 Å². The molecule has 0 spiro atoms. The van der Waals surface area contributed by atoms with Gasteiger partial charge in [0.25, 0.3) is 0 Å². The van der Waals surface area contributed by atoms with Crippen molar-refractivity contribution >= 4 is 64.2 Å². The summed E-state index contributed by atoms with van der Waals surface area (Å²) in [5, 5.41) is 7.09. The Bertz CT molecular complexity index is 2590. The lowest BCUT2D eigenvalue weighted by molar-refractivity contribution is 0.607. The average molecular weight is 651 g/mol. The van der Waals surface area contributed by atoms with Crippen LogP contribution in [0.4, 0.5) is 0 Å². The predicted molar refractivity (Wildman–Crippen MR) is 211 cm³/mol. The fourth-order valence-electron chi connectivity index (χ4n) is 6.82. The minimum Gasteiger partial charge on any atom is -0.455 e. The molecule has 2 heteroatoms. The van der Waals surface area contributed by atoms with Crippen LogP contribution in [0, 0.1) is 30.6 Å². The first-order valence-electron chi connectivity index (χ1n) is 17.6. The van der Waals surface area contributed by atoms with Crippen molar-refractivity contribution in [2.45, 2.75) is 58.8 Å². The molecule has 0 bridgehead atoms. The van der Waals surface area contributed by atoms with Crippen LogP contribution in [0.3, 0.4) is 0 Å². The maximum absolute atomic E-state index is 6.50. The summed E-state index contributed by atoms with van der Waals surface area (Å²) in [6.45, 7) is 4.36. The van der Waals surface area contributed by atoms with Crippen molar-refractivity contribution in [1.82, 2.24) is 0 Å². The molecule has 1 nitrogen and oxygen atoms in total.